The molecule has 0 spiro atoms. The molecule has 0 saturated carbocycles. The van der Waals surface area contributed by atoms with E-state index >= 15 is 0 Å². The van der Waals surface area contributed by atoms with Crippen molar-refractivity contribution in [3.63, 3.8) is 0 Å². The largest absolute Gasteiger partial charge is 0.426 e. The fourth-order valence-corrected chi connectivity index (χ4v) is 4.52. The molecule has 3 rings (SSSR count). The third-order valence-corrected chi connectivity index (χ3v) is 6.00. The van der Waals surface area contributed by atoms with Gasteiger partial charge in [0.25, 0.3) is 10.0 Å². The summed E-state index contributed by atoms with van der Waals surface area (Å²) in [4.78, 5) is 22.7. The zero-order valence-corrected chi connectivity index (χ0v) is 16.0. The van der Waals surface area contributed by atoms with Crippen LogP contribution >= 0.6 is 0 Å². The number of rotatable bonds is 5. The molecule has 0 unspecified atom stereocenters. The topological polar surface area (TPSA) is 82.4 Å². The van der Waals surface area contributed by atoms with E-state index in [1.807, 2.05) is 6.92 Å². The van der Waals surface area contributed by atoms with Crippen LogP contribution < -0.4 is 4.74 Å². The first-order valence-electron chi connectivity index (χ1n) is 8.33. The molecule has 1 aromatic heterocycles. The molecule has 0 N–H and O–H groups in total. The van der Waals surface area contributed by atoms with Crippen LogP contribution in [0.4, 0.5) is 0 Å². The van der Waals surface area contributed by atoms with Crippen molar-refractivity contribution in [2.45, 2.75) is 32.1 Å². The predicted octanol–water partition coefficient (Wildman–Crippen LogP) is 3.16. The number of aromatic nitrogens is 1. The first-order chi connectivity index (χ1) is 12.8. The Balaban J connectivity index is 2.27. The minimum absolute atomic E-state index is 0.00931. The number of aryl methyl sites for hydroxylation is 2. The lowest BCUT2D eigenvalue weighted by Gasteiger charge is -2.11. The molecule has 3 aromatic rings. The molecule has 2 aromatic carbocycles. The lowest BCUT2D eigenvalue weighted by atomic mass is 10.0. The first kappa shape index (κ1) is 18.8. The van der Waals surface area contributed by atoms with Crippen LogP contribution in [0.5, 0.6) is 5.75 Å². The highest BCUT2D eigenvalue weighted by atomic mass is 32.2. The van der Waals surface area contributed by atoms with Gasteiger partial charge in [-0.1, -0.05) is 17.7 Å². The van der Waals surface area contributed by atoms with Gasteiger partial charge in [0.15, 0.2) is 0 Å². The van der Waals surface area contributed by atoms with Crippen LogP contribution in [0.3, 0.4) is 0 Å². The van der Waals surface area contributed by atoms with Gasteiger partial charge in [-0.05, 0) is 43.7 Å². The van der Waals surface area contributed by atoms with E-state index in [1.54, 1.807) is 37.3 Å². The van der Waals surface area contributed by atoms with Gasteiger partial charge < -0.3 is 9.53 Å². The van der Waals surface area contributed by atoms with Crippen LogP contribution in [-0.2, 0) is 26.0 Å². The Bertz CT molecular complexity index is 1140. The maximum atomic E-state index is 13.1. The van der Waals surface area contributed by atoms with Gasteiger partial charge in [-0.25, -0.2) is 12.4 Å². The number of benzene rings is 2. The number of hydrogen-bond donors (Lipinski definition) is 0. The van der Waals surface area contributed by atoms with Crippen LogP contribution in [-0.4, -0.2) is 24.6 Å². The quantitative estimate of drug-likeness (QED) is 0.383. The van der Waals surface area contributed by atoms with Crippen molar-refractivity contribution in [2.75, 3.05) is 0 Å². The lowest BCUT2D eigenvalue weighted by molar-refractivity contribution is -0.132. The van der Waals surface area contributed by atoms with Gasteiger partial charge in [0.2, 0.25) is 0 Å². The zero-order chi connectivity index (χ0) is 19.8. The van der Waals surface area contributed by atoms with Gasteiger partial charge in [0.05, 0.1) is 10.4 Å². The monoisotopic (exact) mass is 385 g/mol. The summed E-state index contributed by atoms with van der Waals surface area (Å²) in [6, 6.07) is 9.70. The number of hydrogen-bond acceptors (Lipinski definition) is 5. The number of esters is 1. The van der Waals surface area contributed by atoms with Crippen LogP contribution in [0.15, 0.2) is 47.5 Å². The number of nitrogens with zero attached hydrogens (tertiary/aromatic N) is 1. The van der Waals surface area contributed by atoms with Crippen molar-refractivity contribution in [2.24, 2.45) is 0 Å². The molecule has 140 valence electrons. The van der Waals surface area contributed by atoms with Crippen LogP contribution in [0.1, 0.15) is 23.6 Å². The van der Waals surface area contributed by atoms with Crippen molar-refractivity contribution < 1.29 is 22.7 Å². The summed E-state index contributed by atoms with van der Waals surface area (Å²) in [5.41, 5.74) is 2.56. The normalized spacial score (nSPS) is 11.5. The van der Waals surface area contributed by atoms with E-state index < -0.39 is 16.0 Å². The summed E-state index contributed by atoms with van der Waals surface area (Å²) in [5.74, 6) is -0.249. The van der Waals surface area contributed by atoms with Gasteiger partial charge in [-0.2, -0.15) is 0 Å². The third-order valence-electron chi connectivity index (χ3n) is 4.31. The Morgan fingerprint density at radius 1 is 1.11 bits per heavy atom. The molecule has 1 heterocycles. The summed E-state index contributed by atoms with van der Waals surface area (Å²) < 4.78 is 32.6. The number of ether oxygens (including phenoxy) is 1. The van der Waals surface area contributed by atoms with E-state index in [9.17, 15) is 18.0 Å². The van der Waals surface area contributed by atoms with Crippen molar-refractivity contribution in [1.29, 1.82) is 0 Å². The Morgan fingerprint density at radius 3 is 2.37 bits per heavy atom. The molecule has 7 heteroatoms. The average Bonchev–Trinajstić information content (AvgIpc) is 2.95. The first-order valence-corrected chi connectivity index (χ1v) is 9.77. The van der Waals surface area contributed by atoms with E-state index in [-0.39, 0.29) is 17.1 Å². The van der Waals surface area contributed by atoms with Crippen molar-refractivity contribution >= 4 is 33.2 Å². The standard InChI is InChI=1S/C20H19NO5S/c1-13-4-6-16(7-5-13)27(24,25)21-12-14(2)20-17(10-11-22)19(26-15(3)23)9-8-18(20)21/h4-9,11-12H,10H2,1-3H3. The smallest absolute Gasteiger partial charge is 0.308 e. The molecule has 0 saturated heterocycles. The van der Waals surface area contributed by atoms with Gasteiger partial charge in [0, 0.05) is 30.5 Å². The van der Waals surface area contributed by atoms with Gasteiger partial charge in [0.1, 0.15) is 12.0 Å². The highest BCUT2D eigenvalue weighted by Gasteiger charge is 2.23. The van der Waals surface area contributed by atoms with E-state index in [0.717, 1.165) is 5.56 Å². The Labute approximate surface area is 157 Å². The fourth-order valence-electron chi connectivity index (χ4n) is 3.11. The van der Waals surface area contributed by atoms with E-state index in [2.05, 4.69) is 0 Å². The molecule has 0 fully saturated rings. The summed E-state index contributed by atoms with van der Waals surface area (Å²) in [5, 5.41) is 0.594. The second kappa shape index (κ2) is 7.00. The zero-order valence-electron chi connectivity index (χ0n) is 15.2. The molecule has 0 radical (unpaired) electrons. The molecule has 0 bridgehead atoms. The Morgan fingerprint density at radius 2 is 1.78 bits per heavy atom. The van der Waals surface area contributed by atoms with Crippen LogP contribution in [0.25, 0.3) is 10.9 Å². The Hall–Kier alpha value is -2.93. The van der Waals surface area contributed by atoms with E-state index in [4.69, 9.17) is 4.74 Å². The number of aldehydes is 1. The highest BCUT2D eigenvalue weighted by molar-refractivity contribution is 7.90. The molecule has 0 aliphatic heterocycles. The molecule has 0 atom stereocenters. The van der Waals surface area contributed by atoms with Crippen LogP contribution in [0, 0.1) is 13.8 Å². The number of carbonyl (C=O) groups is 2. The second-order valence-corrected chi connectivity index (χ2v) is 8.14. The Kier molecular flexibility index (Phi) is 4.89. The number of carbonyl (C=O) groups excluding carboxylic acids is 2. The number of fused-ring (bicyclic) bond motifs is 1. The van der Waals surface area contributed by atoms with E-state index in [1.165, 1.54) is 23.2 Å². The third kappa shape index (κ3) is 3.38. The highest BCUT2D eigenvalue weighted by Crippen LogP contribution is 2.34. The molecule has 6 nitrogen and oxygen atoms in total. The lowest BCUT2D eigenvalue weighted by Crippen LogP contribution is -2.12. The van der Waals surface area contributed by atoms with Crippen molar-refractivity contribution in [3.8, 4) is 5.75 Å². The van der Waals surface area contributed by atoms with Crippen molar-refractivity contribution in [3.05, 3.63) is 59.3 Å². The van der Waals surface area contributed by atoms with Gasteiger partial charge in [-0.15, -0.1) is 0 Å². The molecule has 0 aliphatic carbocycles. The molecule has 0 amide bonds. The summed E-state index contributed by atoms with van der Waals surface area (Å²) in [6.45, 7) is 4.91. The minimum Gasteiger partial charge on any atom is -0.426 e. The fraction of sp³-hybridized carbons (Fsp3) is 0.200. The van der Waals surface area contributed by atoms with Gasteiger partial charge >= 0.3 is 5.97 Å². The van der Waals surface area contributed by atoms with Crippen molar-refractivity contribution in [1.82, 2.24) is 3.97 Å². The molecular weight excluding hydrogens is 366 g/mol. The maximum Gasteiger partial charge on any atom is 0.308 e. The average molecular weight is 385 g/mol. The summed E-state index contributed by atoms with van der Waals surface area (Å²) in [7, 11) is -3.81. The SMILES string of the molecule is CC(=O)Oc1ccc2c(c(C)cn2S(=O)(=O)c2ccc(C)cc2)c1CC=O. The van der Waals surface area contributed by atoms with E-state index in [0.29, 0.717) is 28.3 Å². The molecule has 0 aliphatic rings. The van der Waals surface area contributed by atoms with Gasteiger partial charge in [-0.3, -0.25) is 4.79 Å². The minimum atomic E-state index is -3.81. The second-order valence-electron chi connectivity index (χ2n) is 6.33. The molecule has 27 heavy (non-hydrogen) atoms. The summed E-state index contributed by atoms with van der Waals surface area (Å²) in [6.07, 6.45) is 2.23. The van der Waals surface area contributed by atoms with Crippen LogP contribution in [0.2, 0.25) is 0 Å². The molecular formula is C20H19NO5S. The predicted molar refractivity (Wildman–Crippen MR) is 102 cm³/mol. The maximum absolute atomic E-state index is 13.1. The summed E-state index contributed by atoms with van der Waals surface area (Å²) >= 11 is 0.